The zero-order valence-corrected chi connectivity index (χ0v) is 5.41. The Bertz CT molecular complexity index is 56.9. The Balaban J connectivity index is 2.95. The largest absolute Gasteiger partial charge is 0.388 e. The van der Waals surface area contributed by atoms with Crippen LogP contribution in [0, 0.1) is 0 Å². The summed E-state index contributed by atoms with van der Waals surface area (Å²) >= 11 is 0. The van der Waals surface area contributed by atoms with Crippen LogP contribution in [-0.4, -0.2) is 36.3 Å². The molecule has 0 spiro atoms. The Morgan fingerprint density at radius 2 is 2.11 bits per heavy atom. The lowest BCUT2D eigenvalue weighted by Crippen LogP contribution is -2.20. The molecule has 0 amide bonds. The molecule has 0 radical (unpaired) electrons. The summed E-state index contributed by atoms with van der Waals surface area (Å²) in [6, 6.07) is 0. The fraction of sp³-hybridized carbons (Fsp3) is 1.00. The molecule has 0 bridgehead atoms. The van der Waals surface area contributed by atoms with Crippen molar-refractivity contribution < 1.29 is 20.0 Å². The van der Waals surface area contributed by atoms with Gasteiger partial charge in [-0.15, -0.1) is 0 Å². The van der Waals surface area contributed by atoms with Gasteiger partial charge in [0.15, 0.2) is 0 Å². The molecule has 9 heavy (non-hydrogen) atoms. The van der Waals surface area contributed by atoms with E-state index in [1.54, 1.807) is 0 Å². The number of hydrogen-bond acceptors (Lipinski definition) is 4. The highest BCUT2D eigenvalue weighted by atomic mass is 17.1. The van der Waals surface area contributed by atoms with Gasteiger partial charge in [0.1, 0.15) is 12.7 Å². The van der Waals surface area contributed by atoms with Gasteiger partial charge in [-0.3, -0.25) is 5.26 Å². The van der Waals surface area contributed by atoms with Gasteiger partial charge in [-0.1, -0.05) is 0 Å². The molecule has 0 saturated heterocycles. The molecule has 0 rings (SSSR count). The van der Waals surface area contributed by atoms with E-state index in [-0.39, 0.29) is 13.2 Å². The topological polar surface area (TPSA) is 58.9 Å². The second kappa shape index (κ2) is 5.97. The summed E-state index contributed by atoms with van der Waals surface area (Å²) in [7, 11) is 0. The lowest BCUT2D eigenvalue weighted by Gasteiger charge is -2.06. The zero-order valence-electron chi connectivity index (χ0n) is 5.41. The van der Waals surface area contributed by atoms with Crippen molar-refractivity contribution in [1.29, 1.82) is 0 Å². The van der Waals surface area contributed by atoms with Crippen LogP contribution in [0.4, 0.5) is 0 Å². The van der Waals surface area contributed by atoms with Gasteiger partial charge in [-0.05, 0) is 6.92 Å². The molecular weight excluding hydrogens is 124 g/mol. The van der Waals surface area contributed by atoms with E-state index in [0.29, 0.717) is 6.61 Å². The van der Waals surface area contributed by atoms with E-state index in [2.05, 4.69) is 4.89 Å². The first-order chi connectivity index (χ1) is 4.31. The summed E-state index contributed by atoms with van der Waals surface area (Å²) in [5.74, 6) is 0. The summed E-state index contributed by atoms with van der Waals surface area (Å²) in [5.41, 5.74) is 0. The molecule has 0 fully saturated rings. The van der Waals surface area contributed by atoms with Crippen molar-refractivity contribution in [2.75, 3.05) is 19.8 Å². The fourth-order valence-electron chi connectivity index (χ4n) is 0.388. The number of aliphatic hydroxyl groups excluding tert-OH is 1. The average Bonchev–Trinajstić information content (AvgIpc) is 1.85. The van der Waals surface area contributed by atoms with Crippen molar-refractivity contribution >= 4 is 0 Å². The smallest absolute Gasteiger partial charge is 0.110 e. The SMILES string of the molecule is CCOCC(O)COO. The molecule has 1 unspecified atom stereocenters. The van der Waals surface area contributed by atoms with Crippen LogP contribution in [0.3, 0.4) is 0 Å². The first kappa shape index (κ1) is 8.84. The predicted octanol–water partition coefficient (Wildman–Crippen LogP) is -0.127. The maximum Gasteiger partial charge on any atom is 0.110 e. The Labute approximate surface area is 53.9 Å². The Morgan fingerprint density at radius 1 is 1.44 bits per heavy atom. The van der Waals surface area contributed by atoms with Crippen molar-refractivity contribution in [1.82, 2.24) is 0 Å². The van der Waals surface area contributed by atoms with Gasteiger partial charge < -0.3 is 9.84 Å². The van der Waals surface area contributed by atoms with Crippen LogP contribution in [0.15, 0.2) is 0 Å². The highest BCUT2D eigenvalue weighted by Gasteiger charge is 2.01. The number of ether oxygens (including phenoxy) is 1. The molecule has 56 valence electrons. The third kappa shape index (κ3) is 5.72. The highest BCUT2D eigenvalue weighted by Crippen LogP contribution is 1.84. The molecule has 0 heterocycles. The van der Waals surface area contributed by atoms with E-state index in [4.69, 9.17) is 15.1 Å². The quantitative estimate of drug-likeness (QED) is 0.408. The van der Waals surface area contributed by atoms with Gasteiger partial charge in [-0.2, -0.15) is 0 Å². The maximum atomic E-state index is 8.77. The maximum absolute atomic E-state index is 8.77. The van der Waals surface area contributed by atoms with Gasteiger partial charge >= 0.3 is 0 Å². The highest BCUT2D eigenvalue weighted by molar-refractivity contribution is 4.48. The standard InChI is InChI=1S/C5H12O4/c1-2-8-3-5(6)4-9-7/h5-7H,2-4H2,1H3. The van der Waals surface area contributed by atoms with Crippen LogP contribution in [0.5, 0.6) is 0 Å². The number of rotatable bonds is 5. The molecule has 0 aromatic heterocycles. The average molecular weight is 136 g/mol. The minimum atomic E-state index is -0.727. The van der Waals surface area contributed by atoms with E-state index in [1.165, 1.54) is 0 Å². The molecule has 0 aliphatic heterocycles. The van der Waals surface area contributed by atoms with E-state index < -0.39 is 6.10 Å². The summed E-state index contributed by atoms with van der Waals surface area (Å²) in [4.78, 5) is 3.67. The van der Waals surface area contributed by atoms with E-state index in [1.807, 2.05) is 6.92 Å². The van der Waals surface area contributed by atoms with Crippen LogP contribution in [-0.2, 0) is 9.62 Å². The van der Waals surface area contributed by atoms with Crippen molar-refractivity contribution in [3.05, 3.63) is 0 Å². The van der Waals surface area contributed by atoms with Crippen LogP contribution in [0.2, 0.25) is 0 Å². The molecule has 1 atom stereocenters. The second-order valence-corrected chi connectivity index (χ2v) is 1.61. The van der Waals surface area contributed by atoms with Crippen molar-refractivity contribution in [3.63, 3.8) is 0 Å². The van der Waals surface area contributed by atoms with Crippen LogP contribution < -0.4 is 0 Å². The predicted molar refractivity (Wildman–Crippen MR) is 31.1 cm³/mol. The fourth-order valence-corrected chi connectivity index (χ4v) is 0.388. The molecule has 0 aromatic rings. The molecule has 0 saturated carbocycles. The number of hydrogen-bond donors (Lipinski definition) is 2. The van der Waals surface area contributed by atoms with E-state index in [9.17, 15) is 0 Å². The monoisotopic (exact) mass is 136 g/mol. The summed E-state index contributed by atoms with van der Waals surface area (Å²) < 4.78 is 4.81. The summed E-state index contributed by atoms with van der Waals surface area (Å²) in [5, 5.41) is 16.6. The first-order valence-electron chi connectivity index (χ1n) is 2.83. The molecule has 0 aliphatic carbocycles. The van der Waals surface area contributed by atoms with Crippen LogP contribution >= 0.6 is 0 Å². The van der Waals surface area contributed by atoms with Crippen LogP contribution in [0.1, 0.15) is 6.92 Å². The van der Waals surface area contributed by atoms with Gasteiger partial charge in [0.25, 0.3) is 0 Å². The van der Waals surface area contributed by atoms with Gasteiger partial charge in [-0.25, -0.2) is 4.89 Å². The molecule has 2 N–H and O–H groups in total. The molecule has 4 nitrogen and oxygen atoms in total. The zero-order chi connectivity index (χ0) is 7.11. The first-order valence-corrected chi connectivity index (χ1v) is 2.83. The Kier molecular flexibility index (Phi) is 5.86. The van der Waals surface area contributed by atoms with Crippen molar-refractivity contribution in [2.24, 2.45) is 0 Å². The lowest BCUT2D eigenvalue weighted by molar-refractivity contribution is -0.259. The molecule has 0 aromatic carbocycles. The van der Waals surface area contributed by atoms with E-state index >= 15 is 0 Å². The molecule has 0 aliphatic rings. The van der Waals surface area contributed by atoms with Crippen LogP contribution in [0.25, 0.3) is 0 Å². The van der Waals surface area contributed by atoms with Gasteiger partial charge in [0.05, 0.1) is 6.61 Å². The number of aliphatic hydroxyl groups is 1. The minimum Gasteiger partial charge on any atom is -0.388 e. The van der Waals surface area contributed by atoms with E-state index in [0.717, 1.165) is 0 Å². The van der Waals surface area contributed by atoms with Gasteiger partial charge in [0.2, 0.25) is 0 Å². The second-order valence-electron chi connectivity index (χ2n) is 1.61. The van der Waals surface area contributed by atoms with Crippen molar-refractivity contribution in [3.8, 4) is 0 Å². The Morgan fingerprint density at radius 3 is 2.56 bits per heavy atom. The summed E-state index contributed by atoms with van der Waals surface area (Å²) in [6.07, 6.45) is -0.727. The van der Waals surface area contributed by atoms with Crippen molar-refractivity contribution in [2.45, 2.75) is 13.0 Å². The van der Waals surface area contributed by atoms with Gasteiger partial charge in [0, 0.05) is 6.61 Å². The molecular formula is C5H12O4. The normalized spacial score (nSPS) is 13.7. The lowest BCUT2D eigenvalue weighted by atomic mass is 10.4. The Hall–Kier alpha value is -0.160. The molecule has 4 heteroatoms. The third-order valence-electron chi connectivity index (χ3n) is 0.781. The minimum absolute atomic E-state index is 0.0972. The third-order valence-corrected chi connectivity index (χ3v) is 0.781. The summed E-state index contributed by atoms with van der Waals surface area (Å²) in [6.45, 7) is 2.49.